The van der Waals surface area contributed by atoms with Gasteiger partial charge >= 0.3 is 0 Å². The Bertz CT molecular complexity index is 526. The maximum absolute atomic E-state index is 11.6. The third kappa shape index (κ3) is 9.35. The average Bonchev–Trinajstić information content (AvgIpc) is 2.57. The normalized spacial score (nSPS) is 11.8. The van der Waals surface area contributed by atoms with E-state index in [0.717, 1.165) is 58.1 Å². The summed E-state index contributed by atoms with van der Waals surface area (Å²) < 4.78 is 7.29. The number of aromatic nitrogens is 1. The molecular weight excluding hydrogens is 304 g/mol. The van der Waals surface area contributed by atoms with E-state index in [1.165, 1.54) is 0 Å². The lowest BCUT2D eigenvalue weighted by Crippen LogP contribution is -2.38. The van der Waals surface area contributed by atoms with Gasteiger partial charge in [0.05, 0.1) is 0 Å². The standard InChI is InChI=1S/C18H32N4O2/c1-16(2)15-24-14-8-11-21-18(19-3)20-10-5-7-13-22-12-6-4-9-17(22)23/h4,6,9,12,16H,5,7-8,10-11,13-15H2,1-3H3,(H2,19,20,21). The van der Waals surface area contributed by atoms with Crippen LogP contribution in [-0.2, 0) is 11.3 Å². The van der Waals surface area contributed by atoms with Crippen molar-refractivity contribution in [2.24, 2.45) is 10.9 Å². The van der Waals surface area contributed by atoms with Gasteiger partial charge in [0, 0.05) is 52.2 Å². The molecule has 0 aliphatic heterocycles. The number of ether oxygens (including phenoxy) is 1. The Kier molecular flexibility index (Phi) is 10.6. The Morgan fingerprint density at radius 2 is 1.96 bits per heavy atom. The van der Waals surface area contributed by atoms with Crippen LogP contribution in [0, 0.1) is 5.92 Å². The second-order valence-electron chi connectivity index (χ2n) is 6.19. The molecule has 0 aliphatic carbocycles. The molecule has 0 fully saturated rings. The minimum Gasteiger partial charge on any atom is -0.381 e. The molecule has 0 saturated carbocycles. The maximum atomic E-state index is 11.6. The Labute approximate surface area is 145 Å². The van der Waals surface area contributed by atoms with Crippen molar-refractivity contribution in [2.75, 3.05) is 33.4 Å². The molecule has 1 aromatic heterocycles. The van der Waals surface area contributed by atoms with E-state index in [1.807, 2.05) is 12.3 Å². The van der Waals surface area contributed by atoms with Gasteiger partial charge in [0.25, 0.3) is 0 Å². The van der Waals surface area contributed by atoms with Crippen LogP contribution in [0.1, 0.15) is 33.1 Å². The van der Waals surface area contributed by atoms with E-state index in [-0.39, 0.29) is 5.56 Å². The van der Waals surface area contributed by atoms with E-state index in [4.69, 9.17) is 4.74 Å². The first-order chi connectivity index (χ1) is 11.6. The van der Waals surface area contributed by atoms with Gasteiger partial charge in [-0.2, -0.15) is 0 Å². The maximum Gasteiger partial charge on any atom is 0.250 e. The largest absolute Gasteiger partial charge is 0.381 e. The fourth-order valence-corrected chi connectivity index (χ4v) is 2.18. The number of pyridine rings is 1. The second-order valence-corrected chi connectivity index (χ2v) is 6.19. The van der Waals surface area contributed by atoms with Crippen molar-refractivity contribution >= 4 is 5.96 Å². The smallest absolute Gasteiger partial charge is 0.250 e. The predicted molar refractivity (Wildman–Crippen MR) is 99.6 cm³/mol. The summed E-state index contributed by atoms with van der Waals surface area (Å²) in [4.78, 5) is 15.8. The Balaban J connectivity index is 2.06. The molecule has 0 aliphatic rings. The van der Waals surface area contributed by atoms with Crippen LogP contribution in [0.2, 0.25) is 0 Å². The van der Waals surface area contributed by atoms with E-state index < -0.39 is 0 Å². The molecule has 1 heterocycles. The fourth-order valence-electron chi connectivity index (χ4n) is 2.18. The van der Waals surface area contributed by atoms with Crippen molar-refractivity contribution in [3.63, 3.8) is 0 Å². The molecule has 24 heavy (non-hydrogen) atoms. The molecule has 0 saturated heterocycles. The molecule has 6 nitrogen and oxygen atoms in total. The van der Waals surface area contributed by atoms with Crippen LogP contribution in [0.15, 0.2) is 34.2 Å². The molecule has 136 valence electrons. The molecule has 0 radical (unpaired) electrons. The number of hydrogen-bond donors (Lipinski definition) is 2. The summed E-state index contributed by atoms with van der Waals surface area (Å²) in [6, 6.07) is 5.25. The highest BCUT2D eigenvalue weighted by molar-refractivity contribution is 5.79. The molecule has 0 bridgehead atoms. The van der Waals surface area contributed by atoms with Crippen molar-refractivity contribution < 1.29 is 4.74 Å². The Morgan fingerprint density at radius 1 is 1.21 bits per heavy atom. The van der Waals surface area contributed by atoms with Gasteiger partial charge in [-0.25, -0.2) is 0 Å². The van der Waals surface area contributed by atoms with Crippen LogP contribution < -0.4 is 16.2 Å². The van der Waals surface area contributed by atoms with Crippen LogP contribution in [0.3, 0.4) is 0 Å². The number of hydrogen-bond acceptors (Lipinski definition) is 3. The molecule has 0 amide bonds. The zero-order valence-electron chi connectivity index (χ0n) is 15.3. The van der Waals surface area contributed by atoms with Gasteiger partial charge in [0.1, 0.15) is 0 Å². The number of nitrogens with one attached hydrogen (secondary N) is 2. The molecular formula is C18H32N4O2. The summed E-state index contributed by atoms with van der Waals surface area (Å²) in [5, 5.41) is 6.57. The van der Waals surface area contributed by atoms with Gasteiger partial charge in [0.15, 0.2) is 5.96 Å². The van der Waals surface area contributed by atoms with E-state index in [1.54, 1.807) is 23.7 Å². The fraction of sp³-hybridized carbons (Fsp3) is 0.667. The summed E-state index contributed by atoms with van der Waals surface area (Å²) in [6.07, 6.45) is 4.73. The Hall–Kier alpha value is -1.82. The molecule has 2 N–H and O–H groups in total. The summed E-state index contributed by atoms with van der Waals surface area (Å²) in [6.45, 7) is 8.32. The molecule has 0 atom stereocenters. The van der Waals surface area contributed by atoms with Crippen LogP contribution >= 0.6 is 0 Å². The first-order valence-corrected chi connectivity index (χ1v) is 8.81. The van der Waals surface area contributed by atoms with Crippen molar-refractivity contribution in [1.82, 2.24) is 15.2 Å². The van der Waals surface area contributed by atoms with E-state index >= 15 is 0 Å². The van der Waals surface area contributed by atoms with Gasteiger partial charge < -0.3 is 19.9 Å². The van der Waals surface area contributed by atoms with Crippen molar-refractivity contribution in [3.8, 4) is 0 Å². The molecule has 6 heteroatoms. The Morgan fingerprint density at radius 3 is 2.62 bits per heavy atom. The van der Waals surface area contributed by atoms with Crippen molar-refractivity contribution in [1.29, 1.82) is 0 Å². The monoisotopic (exact) mass is 336 g/mol. The topological polar surface area (TPSA) is 67.7 Å². The van der Waals surface area contributed by atoms with Crippen molar-refractivity contribution in [3.05, 3.63) is 34.7 Å². The SMILES string of the molecule is CN=C(NCCCCn1ccccc1=O)NCCCOCC(C)C. The van der Waals surface area contributed by atoms with E-state index in [2.05, 4.69) is 29.5 Å². The third-order valence-corrected chi connectivity index (χ3v) is 3.45. The highest BCUT2D eigenvalue weighted by Gasteiger charge is 1.98. The lowest BCUT2D eigenvalue weighted by molar-refractivity contribution is 0.108. The van der Waals surface area contributed by atoms with Gasteiger partial charge in [-0.15, -0.1) is 0 Å². The molecule has 0 aromatic carbocycles. The highest BCUT2D eigenvalue weighted by atomic mass is 16.5. The second kappa shape index (κ2) is 12.6. The summed E-state index contributed by atoms with van der Waals surface area (Å²) in [5.41, 5.74) is 0.0580. The first-order valence-electron chi connectivity index (χ1n) is 8.81. The highest BCUT2D eigenvalue weighted by Crippen LogP contribution is 1.93. The zero-order chi connectivity index (χ0) is 17.6. The van der Waals surface area contributed by atoms with Gasteiger partial charge in [-0.05, 0) is 31.2 Å². The number of nitrogens with zero attached hydrogens (tertiary/aromatic N) is 2. The average molecular weight is 336 g/mol. The van der Waals surface area contributed by atoms with Crippen LogP contribution in [-0.4, -0.2) is 43.9 Å². The number of aliphatic imine (C=N–C) groups is 1. The summed E-state index contributed by atoms with van der Waals surface area (Å²) >= 11 is 0. The molecule has 1 aromatic rings. The van der Waals surface area contributed by atoms with Crippen LogP contribution in [0.5, 0.6) is 0 Å². The van der Waals surface area contributed by atoms with Gasteiger partial charge in [0.2, 0.25) is 5.56 Å². The number of aryl methyl sites for hydroxylation is 1. The molecule has 0 unspecified atom stereocenters. The minimum absolute atomic E-state index is 0.0580. The van der Waals surface area contributed by atoms with Crippen molar-refractivity contribution in [2.45, 2.75) is 39.7 Å². The van der Waals surface area contributed by atoms with Crippen LogP contribution in [0.25, 0.3) is 0 Å². The lowest BCUT2D eigenvalue weighted by atomic mass is 10.2. The molecule has 0 spiro atoms. The van der Waals surface area contributed by atoms with E-state index in [0.29, 0.717) is 5.92 Å². The zero-order valence-corrected chi connectivity index (χ0v) is 15.3. The third-order valence-electron chi connectivity index (χ3n) is 3.45. The predicted octanol–water partition coefficient (Wildman–Crippen LogP) is 1.86. The summed E-state index contributed by atoms with van der Waals surface area (Å²) in [7, 11) is 1.77. The lowest BCUT2D eigenvalue weighted by Gasteiger charge is -2.12. The van der Waals surface area contributed by atoms with E-state index in [9.17, 15) is 4.79 Å². The van der Waals surface area contributed by atoms with Gasteiger partial charge in [-0.3, -0.25) is 9.79 Å². The van der Waals surface area contributed by atoms with Crippen LogP contribution in [0.4, 0.5) is 0 Å². The molecule has 1 rings (SSSR count). The van der Waals surface area contributed by atoms with Gasteiger partial charge in [-0.1, -0.05) is 19.9 Å². The first kappa shape index (κ1) is 20.2. The number of rotatable bonds is 11. The number of guanidine groups is 1. The number of unbranched alkanes of at least 4 members (excludes halogenated alkanes) is 1. The summed E-state index contributed by atoms with van der Waals surface area (Å²) in [5.74, 6) is 1.40. The quantitative estimate of drug-likeness (QED) is 0.368. The minimum atomic E-state index is 0.0580.